The lowest BCUT2D eigenvalue weighted by Crippen LogP contribution is -2.55. The van der Waals surface area contributed by atoms with Crippen LogP contribution in [0.4, 0.5) is 10.1 Å². The molecule has 0 radical (unpaired) electrons. The first-order chi connectivity index (χ1) is 21.8. The number of benzene rings is 2. The van der Waals surface area contributed by atoms with Gasteiger partial charge < -0.3 is 19.1 Å². The number of imidazole rings is 1. The molecular formula is C37H46FN5O2. The van der Waals surface area contributed by atoms with Crippen molar-refractivity contribution in [2.75, 3.05) is 37.6 Å². The number of piperidine rings is 1. The van der Waals surface area contributed by atoms with Crippen LogP contribution >= 0.6 is 0 Å². The van der Waals surface area contributed by atoms with Gasteiger partial charge in [0.2, 0.25) is 0 Å². The minimum Gasteiger partial charge on any atom is -0.462 e. The molecule has 238 valence electrons. The number of anilines is 1. The van der Waals surface area contributed by atoms with Crippen LogP contribution in [0.25, 0.3) is 0 Å². The van der Waals surface area contributed by atoms with Crippen LogP contribution in [0.3, 0.4) is 0 Å². The highest BCUT2D eigenvalue weighted by Gasteiger charge is 2.53. The Morgan fingerprint density at radius 1 is 1.09 bits per heavy atom. The highest BCUT2D eigenvalue weighted by Crippen LogP contribution is 2.52. The van der Waals surface area contributed by atoms with E-state index in [9.17, 15) is 4.79 Å². The minimum absolute atomic E-state index is 0.0982. The van der Waals surface area contributed by atoms with Gasteiger partial charge in [-0.15, -0.1) is 0 Å². The fraction of sp³-hybridized carbons (Fsp3) is 0.541. The van der Waals surface area contributed by atoms with Gasteiger partial charge in [0.1, 0.15) is 17.7 Å². The zero-order valence-electron chi connectivity index (χ0n) is 26.9. The van der Waals surface area contributed by atoms with Gasteiger partial charge in [-0.25, -0.2) is 9.37 Å². The average Bonchev–Trinajstić information content (AvgIpc) is 3.62. The lowest BCUT2D eigenvalue weighted by Gasteiger charge is -2.51. The lowest BCUT2D eigenvalue weighted by molar-refractivity contribution is -0.152. The van der Waals surface area contributed by atoms with E-state index in [0.717, 1.165) is 81.9 Å². The quantitative estimate of drug-likeness (QED) is 0.247. The molecule has 3 aliphatic rings. The summed E-state index contributed by atoms with van der Waals surface area (Å²) < 4.78 is 23.5. The molecule has 7 nitrogen and oxygen atoms in total. The van der Waals surface area contributed by atoms with Crippen LogP contribution in [0.5, 0.6) is 0 Å². The van der Waals surface area contributed by atoms with E-state index in [-0.39, 0.29) is 23.8 Å². The fourth-order valence-electron chi connectivity index (χ4n) is 8.52. The van der Waals surface area contributed by atoms with Crippen LogP contribution in [-0.2, 0) is 21.5 Å². The molecule has 3 fully saturated rings. The van der Waals surface area contributed by atoms with E-state index in [1.165, 1.54) is 11.8 Å². The van der Waals surface area contributed by atoms with Crippen molar-refractivity contribution in [3.63, 3.8) is 0 Å². The summed E-state index contributed by atoms with van der Waals surface area (Å²) in [5.41, 5.74) is 3.48. The third-order valence-electron chi connectivity index (χ3n) is 10.7. The third kappa shape index (κ3) is 6.51. The Kier molecular flexibility index (Phi) is 9.28. The summed E-state index contributed by atoms with van der Waals surface area (Å²) in [6, 6.07) is 17.3. The number of likely N-dealkylation sites (tertiary alicyclic amines) is 1. The minimum atomic E-state index is -0.399. The van der Waals surface area contributed by atoms with Crippen molar-refractivity contribution in [3.05, 3.63) is 83.2 Å². The number of halogens is 1. The lowest BCUT2D eigenvalue weighted by atomic mass is 9.58. The van der Waals surface area contributed by atoms with Crippen molar-refractivity contribution >= 4 is 11.7 Å². The van der Waals surface area contributed by atoms with Crippen LogP contribution in [0, 0.1) is 48.7 Å². The van der Waals surface area contributed by atoms with Crippen LogP contribution in [0.2, 0.25) is 0 Å². The summed E-state index contributed by atoms with van der Waals surface area (Å²) in [6.07, 6.45) is 7.15. The van der Waals surface area contributed by atoms with Crippen LogP contribution in [-0.4, -0.2) is 59.2 Å². The Labute approximate surface area is 267 Å². The number of esters is 1. The predicted octanol–water partition coefficient (Wildman–Crippen LogP) is 6.42. The van der Waals surface area contributed by atoms with Gasteiger partial charge in [-0.3, -0.25) is 4.79 Å². The van der Waals surface area contributed by atoms with Gasteiger partial charge in [0.05, 0.1) is 17.3 Å². The number of ether oxygens (including phenoxy) is 1. The molecule has 1 saturated carbocycles. The maximum absolute atomic E-state index is 15.0. The SMILES string of the molecule is CCC(=O)O[C@H]1CCC[C@@H]1[C@](Cn1cc(C)nc1C)(c1cccc(F)c1)C1CCN(CC2CN(c3ccc(C#N)cc3)C2)CC1. The number of hydrogen-bond acceptors (Lipinski definition) is 6. The molecule has 1 aromatic heterocycles. The van der Waals surface area contributed by atoms with Crippen molar-refractivity contribution in [1.29, 1.82) is 5.26 Å². The summed E-state index contributed by atoms with van der Waals surface area (Å²) in [7, 11) is 0. The summed E-state index contributed by atoms with van der Waals surface area (Å²) in [5, 5.41) is 9.11. The van der Waals surface area contributed by atoms with Crippen molar-refractivity contribution in [2.45, 2.75) is 77.4 Å². The molecule has 2 aliphatic heterocycles. The second-order valence-corrected chi connectivity index (χ2v) is 13.5. The molecule has 0 bridgehead atoms. The second kappa shape index (κ2) is 13.3. The smallest absolute Gasteiger partial charge is 0.305 e. The topological polar surface area (TPSA) is 74.4 Å². The standard InChI is InChI=1S/C37H46FN5O2/c1-4-36(44)45-35-10-6-9-34(35)37(31-7-5-8-32(38)19-31,25-43-21-26(2)40-27(43)3)30-15-17-41(18-16-30)22-29-23-42(24-29)33-13-11-28(20-39)12-14-33/h5,7-8,11-14,19,21,29-30,34-35H,4,6,9-10,15-18,22-25H2,1-3H3/t34-,35-,37-/m0/s1. The molecule has 1 aliphatic carbocycles. The predicted molar refractivity (Wildman–Crippen MR) is 173 cm³/mol. The summed E-state index contributed by atoms with van der Waals surface area (Å²) in [6.45, 7) is 11.8. The number of carbonyl (C=O) groups is 1. The molecule has 0 spiro atoms. The molecular weight excluding hydrogens is 565 g/mol. The maximum Gasteiger partial charge on any atom is 0.305 e. The summed E-state index contributed by atoms with van der Waals surface area (Å²) in [5.74, 6) is 1.61. The van der Waals surface area contributed by atoms with E-state index in [2.05, 4.69) is 39.6 Å². The Bertz CT molecular complexity index is 1520. The fourth-order valence-corrected chi connectivity index (χ4v) is 8.52. The number of carbonyl (C=O) groups excluding carboxylic acids is 1. The molecule has 45 heavy (non-hydrogen) atoms. The van der Waals surface area contributed by atoms with E-state index in [0.29, 0.717) is 30.4 Å². The van der Waals surface area contributed by atoms with E-state index in [1.54, 1.807) is 6.07 Å². The van der Waals surface area contributed by atoms with Gasteiger partial charge in [-0.1, -0.05) is 19.1 Å². The van der Waals surface area contributed by atoms with Gasteiger partial charge in [0, 0.05) is 61.7 Å². The van der Waals surface area contributed by atoms with Crippen LogP contribution in [0.1, 0.15) is 68.1 Å². The van der Waals surface area contributed by atoms with E-state index < -0.39 is 5.41 Å². The Hall–Kier alpha value is -3.70. The largest absolute Gasteiger partial charge is 0.462 e. The monoisotopic (exact) mass is 611 g/mol. The summed E-state index contributed by atoms with van der Waals surface area (Å²) in [4.78, 5) is 22.4. The second-order valence-electron chi connectivity index (χ2n) is 13.5. The molecule has 3 aromatic rings. The zero-order chi connectivity index (χ0) is 31.6. The van der Waals surface area contributed by atoms with Crippen molar-refractivity contribution in [2.24, 2.45) is 17.8 Å². The Balaban J connectivity index is 1.24. The number of aromatic nitrogens is 2. The molecule has 6 rings (SSSR count). The first-order valence-corrected chi connectivity index (χ1v) is 16.7. The van der Waals surface area contributed by atoms with Crippen molar-refractivity contribution in [3.8, 4) is 6.07 Å². The number of aryl methyl sites for hydroxylation is 2. The highest BCUT2D eigenvalue weighted by molar-refractivity contribution is 5.69. The van der Waals surface area contributed by atoms with Crippen LogP contribution < -0.4 is 4.90 Å². The van der Waals surface area contributed by atoms with Gasteiger partial charge in [-0.2, -0.15) is 5.26 Å². The molecule has 2 aromatic carbocycles. The van der Waals surface area contributed by atoms with Crippen molar-refractivity contribution < 1.29 is 13.9 Å². The third-order valence-corrected chi connectivity index (χ3v) is 10.7. The number of rotatable bonds is 10. The van der Waals surface area contributed by atoms with E-state index in [4.69, 9.17) is 15.0 Å². The number of hydrogen-bond donors (Lipinski definition) is 0. The zero-order valence-corrected chi connectivity index (χ0v) is 26.9. The Morgan fingerprint density at radius 3 is 2.49 bits per heavy atom. The summed E-state index contributed by atoms with van der Waals surface area (Å²) >= 11 is 0. The van der Waals surface area contributed by atoms with E-state index >= 15 is 4.39 Å². The van der Waals surface area contributed by atoms with Gasteiger partial charge in [0.25, 0.3) is 0 Å². The number of nitrogens with zero attached hydrogens (tertiary/aromatic N) is 5. The average molecular weight is 612 g/mol. The maximum atomic E-state index is 15.0. The number of nitriles is 1. The molecule has 3 heterocycles. The first kappa shape index (κ1) is 31.3. The van der Waals surface area contributed by atoms with Gasteiger partial charge in [0.15, 0.2) is 0 Å². The molecule has 0 amide bonds. The molecule has 2 saturated heterocycles. The Morgan fingerprint density at radius 2 is 1.84 bits per heavy atom. The molecule has 8 heteroatoms. The van der Waals surface area contributed by atoms with Crippen LogP contribution in [0.15, 0.2) is 54.7 Å². The normalized spacial score (nSPS) is 22.5. The molecule has 0 N–H and O–H groups in total. The highest BCUT2D eigenvalue weighted by atomic mass is 19.1. The first-order valence-electron chi connectivity index (χ1n) is 16.7. The van der Waals surface area contributed by atoms with E-state index in [1.807, 2.05) is 44.2 Å². The van der Waals surface area contributed by atoms with Crippen molar-refractivity contribution in [1.82, 2.24) is 14.5 Å². The molecule has 0 unspecified atom stereocenters. The van der Waals surface area contributed by atoms with Gasteiger partial charge >= 0.3 is 5.97 Å². The van der Waals surface area contributed by atoms with Gasteiger partial charge in [-0.05, 0) is 107 Å². The molecule has 3 atom stereocenters.